The first kappa shape index (κ1) is 27.6. The van der Waals surface area contributed by atoms with Gasteiger partial charge in [0.05, 0.1) is 27.4 Å². The number of ketones is 3. The van der Waals surface area contributed by atoms with Gasteiger partial charge in [0.25, 0.3) is 0 Å². The molecular formula is C36H28FNO6. The highest BCUT2D eigenvalue weighted by Gasteiger charge is 2.71. The predicted molar refractivity (Wildman–Crippen MR) is 163 cm³/mol. The van der Waals surface area contributed by atoms with Crippen molar-refractivity contribution in [3.8, 4) is 17.2 Å². The zero-order chi connectivity index (χ0) is 30.7. The Morgan fingerprint density at radius 3 is 2.20 bits per heavy atom. The zero-order valence-corrected chi connectivity index (χ0v) is 24.2. The summed E-state index contributed by atoms with van der Waals surface area (Å²) in [6.07, 6.45) is 3.49. The van der Waals surface area contributed by atoms with Crippen LogP contribution in [0.15, 0.2) is 91.0 Å². The van der Waals surface area contributed by atoms with Gasteiger partial charge in [-0.25, -0.2) is 4.39 Å². The lowest BCUT2D eigenvalue weighted by molar-refractivity contribution is 0.0665. The number of rotatable bonds is 6. The SMILES string of the molecule is COc1cccc(C(=O)[C@H]2[C@H](c3ccc(OC)c(OC)c3)C3(C(=O)c4ccccc4C3=O)C3C=Cc4cc(F)ccc4N32)c1. The van der Waals surface area contributed by atoms with Crippen LogP contribution in [0.3, 0.4) is 0 Å². The molecule has 0 radical (unpaired) electrons. The van der Waals surface area contributed by atoms with Crippen LogP contribution in [0.1, 0.15) is 48.1 Å². The van der Waals surface area contributed by atoms with Crippen LogP contribution in [0.2, 0.25) is 0 Å². The van der Waals surface area contributed by atoms with Gasteiger partial charge in [-0.15, -0.1) is 0 Å². The predicted octanol–water partition coefficient (Wildman–Crippen LogP) is 6.17. The Morgan fingerprint density at radius 2 is 1.52 bits per heavy atom. The third-order valence-electron chi connectivity index (χ3n) is 9.16. The van der Waals surface area contributed by atoms with E-state index in [1.54, 1.807) is 84.9 Å². The van der Waals surface area contributed by atoms with Crippen LogP contribution in [0.5, 0.6) is 17.2 Å². The fraction of sp³-hybridized carbons (Fsp3) is 0.194. The van der Waals surface area contributed by atoms with Gasteiger partial charge in [0.1, 0.15) is 23.0 Å². The summed E-state index contributed by atoms with van der Waals surface area (Å²) in [5.74, 6) is -1.08. The highest BCUT2D eigenvalue weighted by atomic mass is 19.1. The number of nitrogens with zero attached hydrogens (tertiary/aromatic N) is 1. The van der Waals surface area contributed by atoms with Gasteiger partial charge in [0, 0.05) is 33.9 Å². The van der Waals surface area contributed by atoms with Crippen molar-refractivity contribution in [2.75, 3.05) is 26.2 Å². The highest BCUT2D eigenvalue weighted by molar-refractivity contribution is 6.32. The molecule has 1 spiro atoms. The van der Waals surface area contributed by atoms with Gasteiger partial charge in [-0.3, -0.25) is 14.4 Å². The van der Waals surface area contributed by atoms with Crippen LogP contribution in [-0.4, -0.2) is 50.8 Å². The minimum atomic E-state index is -1.70. The Morgan fingerprint density at radius 1 is 0.795 bits per heavy atom. The van der Waals surface area contributed by atoms with E-state index >= 15 is 0 Å². The third-order valence-corrected chi connectivity index (χ3v) is 9.16. The Kier molecular flexibility index (Phi) is 6.39. The lowest BCUT2D eigenvalue weighted by atomic mass is 9.64. The van der Waals surface area contributed by atoms with Crippen molar-refractivity contribution >= 4 is 29.1 Å². The second-order valence-electron chi connectivity index (χ2n) is 11.1. The van der Waals surface area contributed by atoms with Crippen LogP contribution >= 0.6 is 0 Å². The number of methoxy groups -OCH3 is 3. The topological polar surface area (TPSA) is 82.1 Å². The molecule has 0 aromatic heterocycles. The van der Waals surface area contributed by atoms with E-state index in [0.717, 1.165) is 0 Å². The first-order valence-electron chi connectivity index (χ1n) is 14.2. The van der Waals surface area contributed by atoms with E-state index in [4.69, 9.17) is 14.2 Å². The normalized spacial score (nSPS) is 20.7. The van der Waals surface area contributed by atoms with Gasteiger partial charge in [0.15, 0.2) is 28.8 Å². The van der Waals surface area contributed by atoms with E-state index < -0.39 is 29.2 Å². The molecule has 0 bridgehead atoms. The van der Waals surface area contributed by atoms with Crippen molar-refractivity contribution in [3.63, 3.8) is 0 Å². The van der Waals surface area contributed by atoms with Crippen LogP contribution in [-0.2, 0) is 0 Å². The number of hydrogen-bond donors (Lipinski definition) is 0. The maximum atomic E-state index is 14.9. The van der Waals surface area contributed by atoms with E-state index in [2.05, 4.69) is 0 Å². The van der Waals surface area contributed by atoms with Crippen LogP contribution < -0.4 is 19.1 Å². The summed E-state index contributed by atoms with van der Waals surface area (Å²) in [5.41, 5.74) is 0.938. The maximum absolute atomic E-state index is 14.9. The molecule has 3 atom stereocenters. The number of hydrogen-bond acceptors (Lipinski definition) is 7. The molecule has 3 aliphatic rings. The Hall–Kier alpha value is -5.24. The largest absolute Gasteiger partial charge is 0.497 e. The summed E-state index contributed by atoms with van der Waals surface area (Å²) >= 11 is 0. The van der Waals surface area contributed by atoms with Crippen molar-refractivity contribution in [1.29, 1.82) is 0 Å². The van der Waals surface area contributed by atoms with Gasteiger partial charge in [-0.2, -0.15) is 0 Å². The molecule has 0 saturated carbocycles. The third kappa shape index (κ3) is 3.70. The summed E-state index contributed by atoms with van der Waals surface area (Å²) in [7, 11) is 4.54. The number of ether oxygens (including phenoxy) is 3. The van der Waals surface area contributed by atoms with Crippen molar-refractivity contribution in [1.82, 2.24) is 0 Å². The number of carbonyl (C=O) groups is 3. The van der Waals surface area contributed by atoms with E-state index in [0.29, 0.717) is 50.8 Å². The first-order chi connectivity index (χ1) is 21.3. The van der Waals surface area contributed by atoms with Gasteiger partial charge in [0.2, 0.25) is 0 Å². The summed E-state index contributed by atoms with van der Waals surface area (Å²) in [5, 5.41) is 0. The fourth-order valence-corrected chi connectivity index (χ4v) is 7.31. The standard InChI is InChI=1S/C36H28FNO6/c1-42-24-8-6-7-22(18-24)33(39)32-31(21-11-15-28(43-2)29(19-21)44-3)36(34(40)25-9-4-5-10-26(25)35(36)41)30-16-12-20-17-23(37)13-14-27(20)38(30)32/h4-19,30-32H,1-3H3/t30?,31-,32+/m0/s1. The summed E-state index contributed by atoms with van der Waals surface area (Å²) in [4.78, 5) is 46.3. The molecule has 4 aromatic carbocycles. The molecule has 220 valence electrons. The number of carbonyl (C=O) groups excluding carboxylic acids is 3. The Balaban J connectivity index is 1.55. The van der Waals surface area contributed by atoms with E-state index in [1.807, 2.05) is 4.90 Å². The van der Waals surface area contributed by atoms with Crippen LogP contribution in [0.25, 0.3) is 6.08 Å². The minimum Gasteiger partial charge on any atom is -0.497 e. The monoisotopic (exact) mass is 589 g/mol. The van der Waals surface area contributed by atoms with Crippen LogP contribution in [0, 0.1) is 11.2 Å². The smallest absolute Gasteiger partial charge is 0.186 e. The number of halogens is 1. The molecule has 1 aliphatic carbocycles. The zero-order valence-electron chi connectivity index (χ0n) is 24.2. The lowest BCUT2D eigenvalue weighted by Gasteiger charge is -2.37. The van der Waals surface area contributed by atoms with Crippen molar-refractivity contribution in [2.45, 2.75) is 18.0 Å². The molecule has 1 unspecified atom stereocenters. The average Bonchev–Trinajstić information content (AvgIpc) is 3.49. The second-order valence-corrected chi connectivity index (χ2v) is 11.1. The number of benzene rings is 4. The number of fused-ring (bicyclic) bond motifs is 5. The quantitative estimate of drug-likeness (QED) is 0.197. The summed E-state index contributed by atoms with van der Waals surface area (Å²) in [6, 6.07) is 21.2. The maximum Gasteiger partial charge on any atom is 0.186 e. The van der Waals surface area contributed by atoms with Crippen LogP contribution in [0.4, 0.5) is 10.1 Å². The molecule has 2 heterocycles. The molecule has 7 rings (SSSR count). The van der Waals surface area contributed by atoms with Crippen molar-refractivity contribution in [2.24, 2.45) is 5.41 Å². The molecule has 1 fully saturated rings. The van der Waals surface area contributed by atoms with Gasteiger partial charge in [-0.05, 0) is 48.0 Å². The van der Waals surface area contributed by atoms with Gasteiger partial charge in [-0.1, -0.05) is 54.6 Å². The first-order valence-corrected chi connectivity index (χ1v) is 14.2. The summed E-state index contributed by atoms with van der Waals surface area (Å²) in [6.45, 7) is 0. The fourth-order valence-electron chi connectivity index (χ4n) is 7.31. The number of Topliss-reactive ketones (excluding diaryl/α,β-unsaturated/α-hetero) is 3. The molecule has 0 N–H and O–H groups in total. The van der Waals surface area contributed by atoms with E-state index in [-0.39, 0.29) is 17.3 Å². The lowest BCUT2D eigenvalue weighted by Crippen LogP contribution is -2.48. The molecular weight excluding hydrogens is 561 g/mol. The Bertz CT molecular complexity index is 1860. The number of anilines is 1. The molecule has 44 heavy (non-hydrogen) atoms. The minimum absolute atomic E-state index is 0.312. The second kappa shape index (κ2) is 10.2. The van der Waals surface area contributed by atoms with Crippen molar-refractivity contribution < 1.29 is 33.0 Å². The van der Waals surface area contributed by atoms with Crippen molar-refractivity contribution in [3.05, 3.63) is 125 Å². The average molecular weight is 590 g/mol. The van der Waals surface area contributed by atoms with Gasteiger partial charge >= 0.3 is 0 Å². The molecule has 0 amide bonds. The summed E-state index contributed by atoms with van der Waals surface area (Å²) < 4.78 is 31.0. The highest BCUT2D eigenvalue weighted by Crippen LogP contribution is 2.61. The van der Waals surface area contributed by atoms with E-state index in [9.17, 15) is 18.8 Å². The molecule has 1 saturated heterocycles. The Labute approximate surface area is 253 Å². The van der Waals surface area contributed by atoms with Gasteiger partial charge < -0.3 is 19.1 Å². The molecule has 4 aromatic rings. The molecule has 7 nitrogen and oxygen atoms in total. The molecule has 8 heteroatoms. The molecule has 2 aliphatic heterocycles. The van der Waals surface area contributed by atoms with E-state index in [1.165, 1.54) is 33.5 Å².